The summed E-state index contributed by atoms with van der Waals surface area (Å²) in [6, 6.07) is -1.36. The summed E-state index contributed by atoms with van der Waals surface area (Å²) in [5, 5.41) is 2.74. The van der Waals surface area contributed by atoms with Gasteiger partial charge >= 0.3 is 24.7 Å². The van der Waals surface area contributed by atoms with Crippen molar-refractivity contribution < 1.29 is 35.1 Å². The predicted octanol–water partition coefficient (Wildman–Crippen LogP) is 5.35. The molecule has 9 heteroatoms. The first-order chi connectivity index (χ1) is 10.2. The minimum absolute atomic E-state index is 0.273. The van der Waals surface area contributed by atoms with E-state index in [0.29, 0.717) is 6.42 Å². The monoisotopic (exact) mass is 357 g/mol. The second-order valence-electron chi connectivity index (χ2n) is 6.33. The van der Waals surface area contributed by atoms with Crippen molar-refractivity contribution in [3.05, 3.63) is 0 Å². The van der Waals surface area contributed by atoms with E-state index in [1.165, 1.54) is 6.92 Å². The molecule has 0 rings (SSSR count). The van der Waals surface area contributed by atoms with Crippen LogP contribution in [-0.2, 0) is 0 Å². The van der Waals surface area contributed by atoms with Crippen LogP contribution in [0, 0.1) is 5.41 Å². The van der Waals surface area contributed by atoms with E-state index in [2.05, 4.69) is 5.32 Å². The predicted molar refractivity (Wildman–Crippen MR) is 71.6 cm³/mol. The Kier molecular flexibility index (Phi) is 7.78. The normalized spacial score (nSPS) is 17.0. The van der Waals surface area contributed by atoms with Crippen molar-refractivity contribution in [2.24, 2.45) is 5.41 Å². The Balaban J connectivity index is 5.51. The Morgan fingerprint density at radius 1 is 0.826 bits per heavy atom. The van der Waals surface area contributed by atoms with Crippen LogP contribution in [0.4, 0.5) is 35.1 Å². The SMILES string of the molecule is CCC(C)NC(C)C(C)(CC(F)(F)C(F)F)CC(F)(F)C(F)F. The lowest BCUT2D eigenvalue weighted by molar-refractivity contribution is -0.186. The minimum Gasteiger partial charge on any atom is -0.311 e. The lowest BCUT2D eigenvalue weighted by Gasteiger charge is -2.41. The molecule has 2 atom stereocenters. The van der Waals surface area contributed by atoms with E-state index in [1.54, 1.807) is 13.8 Å². The fraction of sp³-hybridized carbons (Fsp3) is 1.00. The second-order valence-corrected chi connectivity index (χ2v) is 6.33. The van der Waals surface area contributed by atoms with Gasteiger partial charge in [-0.3, -0.25) is 0 Å². The van der Waals surface area contributed by atoms with Crippen LogP contribution in [0.25, 0.3) is 0 Å². The molecular formula is C14H23F8N. The Labute approximate surface area is 130 Å². The van der Waals surface area contributed by atoms with Gasteiger partial charge in [0, 0.05) is 24.9 Å². The summed E-state index contributed by atoms with van der Waals surface area (Å²) >= 11 is 0. The van der Waals surface area contributed by atoms with Gasteiger partial charge in [-0.2, -0.15) is 0 Å². The van der Waals surface area contributed by atoms with Crippen LogP contribution in [0.15, 0.2) is 0 Å². The summed E-state index contributed by atoms with van der Waals surface area (Å²) in [4.78, 5) is 0. The Bertz CT molecular complexity index is 337. The van der Waals surface area contributed by atoms with E-state index < -0.39 is 49.0 Å². The second kappa shape index (κ2) is 7.98. The van der Waals surface area contributed by atoms with Crippen LogP contribution in [0.2, 0.25) is 0 Å². The van der Waals surface area contributed by atoms with Crippen molar-refractivity contribution in [3.63, 3.8) is 0 Å². The molecule has 1 N–H and O–H groups in total. The summed E-state index contributed by atoms with van der Waals surface area (Å²) < 4.78 is 103. The molecule has 0 amide bonds. The van der Waals surface area contributed by atoms with Gasteiger partial charge in [0.2, 0.25) is 0 Å². The van der Waals surface area contributed by atoms with Gasteiger partial charge in [-0.05, 0) is 25.7 Å². The van der Waals surface area contributed by atoms with Crippen LogP contribution < -0.4 is 5.32 Å². The molecule has 0 aromatic rings. The Morgan fingerprint density at radius 2 is 1.17 bits per heavy atom. The number of rotatable bonds is 10. The van der Waals surface area contributed by atoms with E-state index in [4.69, 9.17) is 0 Å². The molecule has 0 bridgehead atoms. The fourth-order valence-corrected chi connectivity index (χ4v) is 2.35. The number of hydrogen-bond donors (Lipinski definition) is 1. The molecule has 140 valence electrons. The molecule has 0 saturated heterocycles. The minimum atomic E-state index is -4.54. The van der Waals surface area contributed by atoms with Gasteiger partial charge in [0.05, 0.1) is 0 Å². The smallest absolute Gasteiger partial charge is 0.308 e. The van der Waals surface area contributed by atoms with E-state index in [9.17, 15) is 35.1 Å². The van der Waals surface area contributed by atoms with Crippen LogP contribution in [0.1, 0.15) is 47.0 Å². The van der Waals surface area contributed by atoms with Crippen molar-refractivity contribution in [3.8, 4) is 0 Å². The van der Waals surface area contributed by atoms with Crippen LogP contribution in [-0.4, -0.2) is 36.8 Å². The van der Waals surface area contributed by atoms with Crippen LogP contribution in [0.3, 0.4) is 0 Å². The van der Waals surface area contributed by atoms with E-state index in [0.717, 1.165) is 6.92 Å². The molecule has 2 unspecified atom stereocenters. The molecule has 0 aliphatic carbocycles. The van der Waals surface area contributed by atoms with Crippen molar-refractivity contribution in [2.75, 3.05) is 0 Å². The highest BCUT2D eigenvalue weighted by Crippen LogP contribution is 2.46. The van der Waals surface area contributed by atoms with Crippen molar-refractivity contribution in [1.82, 2.24) is 5.32 Å². The highest BCUT2D eigenvalue weighted by atomic mass is 19.3. The molecule has 23 heavy (non-hydrogen) atoms. The van der Waals surface area contributed by atoms with Crippen molar-refractivity contribution in [1.29, 1.82) is 0 Å². The third kappa shape index (κ3) is 6.43. The first kappa shape index (κ1) is 22.4. The summed E-state index contributed by atoms with van der Waals surface area (Å²) in [5.74, 6) is -9.09. The number of nitrogens with one attached hydrogen (secondary N) is 1. The molecule has 1 nitrogen and oxygen atoms in total. The lowest BCUT2D eigenvalue weighted by Crippen LogP contribution is -2.51. The quantitative estimate of drug-likeness (QED) is 0.520. The summed E-state index contributed by atoms with van der Waals surface area (Å²) in [7, 11) is 0. The molecule has 0 aromatic heterocycles. The average Bonchev–Trinajstić information content (AvgIpc) is 2.36. The third-order valence-electron chi connectivity index (χ3n) is 4.11. The molecule has 0 fully saturated rings. The number of halogens is 8. The van der Waals surface area contributed by atoms with E-state index in [-0.39, 0.29) is 6.04 Å². The maximum absolute atomic E-state index is 13.4. The van der Waals surface area contributed by atoms with Gasteiger partial charge in [-0.1, -0.05) is 13.8 Å². The zero-order valence-corrected chi connectivity index (χ0v) is 13.5. The molecular weight excluding hydrogens is 334 g/mol. The topological polar surface area (TPSA) is 12.0 Å². The molecule has 0 saturated carbocycles. The highest BCUT2D eigenvalue weighted by Gasteiger charge is 2.54. The summed E-state index contributed by atoms with van der Waals surface area (Å²) in [6.07, 6.45) is -10.8. The van der Waals surface area contributed by atoms with Gasteiger partial charge in [-0.15, -0.1) is 0 Å². The van der Waals surface area contributed by atoms with Gasteiger partial charge in [-0.25, -0.2) is 35.1 Å². The standard InChI is InChI=1S/C14H23F8N/c1-5-8(2)23-9(3)12(4,6-13(19,20)10(15)16)7-14(21,22)11(17)18/h8-11,23H,5-7H2,1-4H3. The zero-order valence-electron chi connectivity index (χ0n) is 13.5. The maximum atomic E-state index is 13.4. The molecule has 0 heterocycles. The highest BCUT2D eigenvalue weighted by molar-refractivity contribution is 4.95. The first-order valence-electron chi connectivity index (χ1n) is 7.26. The van der Waals surface area contributed by atoms with Gasteiger partial charge in [0.25, 0.3) is 0 Å². The van der Waals surface area contributed by atoms with Gasteiger partial charge in [0.1, 0.15) is 0 Å². The van der Waals surface area contributed by atoms with Crippen LogP contribution >= 0.6 is 0 Å². The van der Waals surface area contributed by atoms with Gasteiger partial charge in [0.15, 0.2) is 0 Å². The first-order valence-corrected chi connectivity index (χ1v) is 7.26. The number of alkyl halides is 8. The summed E-state index contributed by atoms with van der Waals surface area (Å²) in [6.45, 7) is 5.55. The lowest BCUT2D eigenvalue weighted by atomic mass is 9.73. The zero-order chi connectivity index (χ0) is 18.6. The Hall–Kier alpha value is -0.600. The van der Waals surface area contributed by atoms with Gasteiger partial charge < -0.3 is 5.32 Å². The van der Waals surface area contributed by atoms with E-state index >= 15 is 0 Å². The molecule has 0 spiro atoms. The van der Waals surface area contributed by atoms with Crippen molar-refractivity contribution >= 4 is 0 Å². The fourth-order valence-electron chi connectivity index (χ4n) is 2.35. The summed E-state index contributed by atoms with van der Waals surface area (Å²) in [5.41, 5.74) is -2.15. The molecule has 0 aliphatic heterocycles. The molecule has 0 radical (unpaired) electrons. The Morgan fingerprint density at radius 3 is 1.43 bits per heavy atom. The maximum Gasteiger partial charge on any atom is 0.308 e. The number of hydrogen-bond acceptors (Lipinski definition) is 1. The average molecular weight is 357 g/mol. The molecule has 0 aliphatic rings. The third-order valence-corrected chi connectivity index (χ3v) is 4.11. The van der Waals surface area contributed by atoms with Crippen molar-refractivity contribution in [2.45, 2.75) is 83.7 Å². The molecule has 0 aromatic carbocycles. The van der Waals surface area contributed by atoms with E-state index in [1.807, 2.05) is 0 Å². The van der Waals surface area contributed by atoms with Crippen LogP contribution in [0.5, 0.6) is 0 Å². The largest absolute Gasteiger partial charge is 0.311 e.